The van der Waals surface area contributed by atoms with Crippen LogP contribution in [0.4, 0.5) is 0 Å². The fraction of sp³-hybridized carbons (Fsp3) is 0.579. The smallest absolute Gasteiger partial charge is 0.243 e. The van der Waals surface area contributed by atoms with Crippen LogP contribution in [0.1, 0.15) is 30.9 Å². The van der Waals surface area contributed by atoms with Gasteiger partial charge in [0.1, 0.15) is 12.3 Å². The Bertz CT molecular complexity index is 577. The molecule has 7 heteroatoms. The number of aliphatic imine (C=N–C) groups is 1. The van der Waals surface area contributed by atoms with E-state index in [0.717, 1.165) is 37.1 Å². The van der Waals surface area contributed by atoms with Crippen LogP contribution in [0.25, 0.3) is 0 Å². The van der Waals surface area contributed by atoms with Crippen LogP contribution in [0.3, 0.4) is 0 Å². The summed E-state index contributed by atoms with van der Waals surface area (Å²) in [6.07, 6.45) is 2.99. The highest BCUT2D eigenvalue weighted by Gasteiger charge is 2.06. The molecule has 0 heterocycles. The number of methoxy groups -OCH3 is 1. The largest absolute Gasteiger partial charge is 0.496 e. The van der Waals surface area contributed by atoms with E-state index < -0.39 is 0 Å². The number of hydrogen-bond donors (Lipinski definition) is 2. The van der Waals surface area contributed by atoms with Crippen molar-refractivity contribution in [3.05, 3.63) is 29.3 Å². The van der Waals surface area contributed by atoms with E-state index >= 15 is 0 Å². The van der Waals surface area contributed by atoms with Crippen LogP contribution in [-0.4, -0.2) is 57.6 Å². The van der Waals surface area contributed by atoms with Crippen LogP contribution in [0, 0.1) is 6.92 Å². The molecule has 0 saturated carbocycles. The summed E-state index contributed by atoms with van der Waals surface area (Å²) < 4.78 is 5.42. The highest BCUT2D eigenvalue weighted by Crippen LogP contribution is 2.19. The molecule has 0 atom stereocenters. The maximum absolute atomic E-state index is 11.7. The molecule has 26 heavy (non-hydrogen) atoms. The average Bonchev–Trinajstić information content (AvgIpc) is 2.59. The summed E-state index contributed by atoms with van der Waals surface area (Å²) in [6.45, 7) is 5.91. The van der Waals surface area contributed by atoms with E-state index in [4.69, 9.17) is 4.74 Å². The van der Waals surface area contributed by atoms with Crippen LogP contribution in [0.5, 0.6) is 5.75 Å². The van der Waals surface area contributed by atoms with E-state index in [-0.39, 0.29) is 36.4 Å². The lowest BCUT2D eigenvalue weighted by Crippen LogP contribution is -2.40. The quantitative estimate of drug-likeness (QED) is 0.249. The van der Waals surface area contributed by atoms with Gasteiger partial charge in [0.25, 0.3) is 0 Å². The Balaban J connectivity index is 0.00000625. The Kier molecular flexibility index (Phi) is 12.9. The molecule has 1 amide bonds. The standard InChI is InChI=1S/C19H32N4O2.HI/c1-6-7-11-20-19(22-14-18(24)23(3)4)21-12-10-16-13-15(2)8-9-17(16)25-5;/h8-9,13H,6-7,10-12,14H2,1-5H3,(H2,20,21,22);1H. The third kappa shape index (κ3) is 9.26. The molecular weight excluding hydrogens is 443 g/mol. The highest BCUT2D eigenvalue weighted by molar-refractivity contribution is 14.0. The van der Waals surface area contributed by atoms with Crippen molar-refractivity contribution in [3.63, 3.8) is 0 Å². The highest BCUT2D eigenvalue weighted by atomic mass is 127. The number of hydrogen-bond acceptors (Lipinski definition) is 3. The Labute approximate surface area is 174 Å². The molecule has 1 aromatic carbocycles. The Morgan fingerprint density at radius 1 is 1.23 bits per heavy atom. The molecule has 0 unspecified atom stereocenters. The molecule has 2 N–H and O–H groups in total. The number of nitrogens with zero attached hydrogens (tertiary/aromatic N) is 2. The molecular formula is C19H33IN4O2. The van der Waals surface area contributed by atoms with Gasteiger partial charge in [-0.25, -0.2) is 4.99 Å². The number of benzene rings is 1. The summed E-state index contributed by atoms with van der Waals surface area (Å²) >= 11 is 0. The number of unbranched alkanes of at least 4 members (excludes halogenated alkanes) is 1. The minimum absolute atomic E-state index is 0. The van der Waals surface area contributed by atoms with E-state index in [1.807, 2.05) is 12.1 Å². The van der Waals surface area contributed by atoms with E-state index in [0.29, 0.717) is 12.5 Å². The zero-order chi connectivity index (χ0) is 18.7. The first-order valence-electron chi connectivity index (χ1n) is 8.83. The van der Waals surface area contributed by atoms with Crippen LogP contribution in [0.15, 0.2) is 23.2 Å². The van der Waals surface area contributed by atoms with Crippen LogP contribution < -0.4 is 15.4 Å². The van der Waals surface area contributed by atoms with Crippen molar-refractivity contribution < 1.29 is 9.53 Å². The third-order valence-electron chi connectivity index (χ3n) is 3.82. The second kappa shape index (κ2) is 13.7. The normalized spacial score (nSPS) is 10.7. The monoisotopic (exact) mass is 476 g/mol. The van der Waals surface area contributed by atoms with Gasteiger partial charge < -0.3 is 20.3 Å². The minimum Gasteiger partial charge on any atom is -0.496 e. The van der Waals surface area contributed by atoms with Crippen LogP contribution >= 0.6 is 24.0 Å². The summed E-state index contributed by atoms with van der Waals surface area (Å²) in [5, 5.41) is 6.58. The molecule has 148 valence electrons. The van der Waals surface area contributed by atoms with Crippen molar-refractivity contribution in [2.75, 3.05) is 40.8 Å². The first-order chi connectivity index (χ1) is 12.0. The van der Waals surface area contributed by atoms with E-state index in [1.54, 1.807) is 26.1 Å². The van der Waals surface area contributed by atoms with Gasteiger partial charge in [0.2, 0.25) is 5.91 Å². The number of ether oxygens (including phenoxy) is 1. The molecule has 0 bridgehead atoms. The summed E-state index contributed by atoms with van der Waals surface area (Å²) in [5.41, 5.74) is 2.37. The van der Waals surface area contributed by atoms with Gasteiger partial charge >= 0.3 is 0 Å². The van der Waals surface area contributed by atoms with Gasteiger partial charge in [-0.2, -0.15) is 0 Å². The van der Waals surface area contributed by atoms with Gasteiger partial charge in [-0.3, -0.25) is 4.79 Å². The number of rotatable bonds is 9. The second-order valence-corrected chi connectivity index (χ2v) is 6.23. The molecule has 1 aromatic rings. The number of likely N-dealkylation sites (N-methyl/N-ethyl adjacent to an activating group) is 1. The molecule has 0 fully saturated rings. The van der Waals surface area contributed by atoms with Gasteiger partial charge in [-0.1, -0.05) is 31.0 Å². The van der Waals surface area contributed by atoms with Crippen molar-refractivity contribution in [2.45, 2.75) is 33.1 Å². The van der Waals surface area contributed by atoms with Crippen LogP contribution in [-0.2, 0) is 11.2 Å². The molecule has 0 aliphatic carbocycles. The zero-order valence-corrected chi connectivity index (χ0v) is 18.9. The van der Waals surface area contributed by atoms with Crippen molar-refractivity contribution in [3.8, 4) is 5.75 Å². The minimum atomic E-state index is -0.0167. The lowest BCUT2D eigenvalue weighted by molar-refractivity contribution is -0.127. The van der Waals surface area contributed by atoms with Gasteiger partial charge in [-0.05, 0) is 31.4 Å². The molecule has 0 aliphatic heterocycles. The number of halogens is 1. The van der Waals surface area contributed by atoms with E-state index in [1.165, 1.54) is 5.56 Å². The molecule has 1 rings (SSSR count). The van der Waals surface area contributed by atoms with Gasteiger partial charge in [-0.15, -0.1) is 24.0 Å². The Morgan fingerprint density at radius 3 is 2.54 bits per heavy atom. The van der Waals surface area contributed by atoms with Gasteiger partial charge in [0.15, 0.2) is 5.96 Å². The van der Waals surface area contributed by atoms with Crippen molar-refractivity contribution in [2.24, 2.45) is 4.99 Å². The van der Waals surface area contributed by atoms with E-state index in [9.17, 15) is 4.79 Å². The second-order valence-electron chi connectivity index (χ2n) is 6.23. The fourth-order valence-electron chi connectivity index (χ4n) is 2.26. The number of aryl methyl sites for hydroxylation is 1. The van der Waals surface area contributed by atoms with Crippen molar-refractivity contribution in [1.29, 1.82) is 0 Å². The number of nitrogens with one attached hydrogen (secondary N) is 2. The molecule has 0 radical (unpaired) electrons. The number of guanidine groups is 1. The Hall–Kier alpha value is -1.51. The summed E-state index contributed by atoms with van der Waals surface area (Å²) in [4.78, 5) is 17.7. The summed E-state index contributed by atoms with van der Waals surface area (Å²) in [5.74, 6) is 1.56. The van der Waals surface area contributed by atoms with Crippen molar-refractivity contribution in [1.82, 2.24) is 15.5 Å². The third-order valence-corrected chi connectivity index (χ3v) is 3.82. The van der Waals surface area contributed by atoms with Crippen molar-refractivity contribution >= 4 is 35.8 Å². The first-order valence-corrected chi connectivity index (χ1v) is 8.83. The maximum atomic E-state index is 11.7. The predicted molar refractivity (Wildman–Crippen MR) is 119 cm³/mol. The summed E-state index contributed by atoms with van der Waals surface area (Å²) in [6, 6.07) is 6.17. The zero-order valence-electron chi connectivity index (χ0n) is 16.6. The first kappa shape index (κ1) is 24.5. The molecule has 0 aromatic heterocycles. The lowest BCUT2D eigenvalue weighted by atomic mass is 10.1. The topological polar surface area (TPSA) is 66.0 Å². The predicted octanol–water partition coefficient (Wildman–Crippen LogP) is 2.59. The SMILES string of the molecule is CCCCNC(=NCC(=O)N(C)C)NCCc1cc(C)ccc1OC.I. The molecule has 0 saturated heterocycles. The van der Waals surface area contributed by atoms with Gasteiger partial charge in [0, 0.05) is 27.2 Å². The lowest BCUT2D eigenvalue weighted by Gasteiger charge is -2.14. The number of carbonyl (C=O) groups excluding carboxylic acids is 1. The molecule has 6 nitrogen and oxygen atoms in total. The average molecular weight is 476 g/mol. The van der Waals surface area contributed by atoms with Crippen LogP contribution in [0.2, 0.25) is 0 Å². The van der Waals surface area contributed by atoms with Gasteiger partial charge in [0.05, 0.1) is 7.11 Å². The molecule has 0 spiro atoms. The fourth-order valence-corrected chi connectivity index (χ4v) is 2.26. The Morgan fingerprint density at radius 2 is 1.92 bits per heavy atom. The maximum Gasteiger partial charge on any atom is 0.243 e. The number of amides is 1. The van der Waals surface area contributed by atoms with E-state index in [2.05, 4.69) is 35.5 Å². The summed E-state index contributed by atoms with van der Waals surface area (Å²) in [7, 11) is 5.16. The molecule has 0 aliphatic rings. The number of carbonyl (C=O) groups is 1.